The van der Waals surface area contributed by atoms with Gasteiger partial charge in [0.15, 0.2) is 0 Å². The maximum Gasteiger partial charge on any atom is 0.243 e. The van der Waals surface area contributed by atoms with Crippen LogP contribution in [0.1, 0.15) is 25.7 Å². The molecule has 0 spiro atoms. The van der Waals surface area contributed by atoms with E-state index in [1.165, 1.54) is 0 Å². The maximum atomic E-state index is 11.7. The van der Waals surface area contributed by atoms with E-state index < -0.39 is 23.9 Å². The van der Waals surface area contributed by atoms with Gasteiger partial charge < -0.3 is 16.4 Å². The van der Waals surface area contributed by atoms with Gasteiger partial charge in [-0.25, -0.2) is 0 Å². The minimum atomic E-state index is -0.861. The van der Waals surface area contributed by atoms with Gasteiger partial charge in [-0.15, -0.1) is 0 Å². The molecule has 0 aromatic carbocycles. The summed E-state index contributed by atoms with van der Waals surface area (Å²) in [6.45, 7) is 0. The Morgan fingerprint density at radius 3 is 2.82 bits per heavy atom. The monoisotopic (exact) mass is 238 g/mol. The third-order valence-electron chi connectivity index (χ3n) is 2.52. The quantitative estimate of drug-likeness (QED) is 0.541. The van der Waals surface area contributed by atoms with Gasteiger partial charge in [0, 0.05) is 12.8 Å². The molecule has 0 radical (unpaired) electrons. The molecule has 1 fully saturated rings. The highest BCUT2D eigenvalue weighted by Crippen LogP contribution is 2.07. The topological polar surface area (TPSA) is 125 Å². The van der Waals surface area contributed by atoms with E-state index in [-0.39, 0.29) is 18.7 Å². The lowest BCUT2D eigenvalue weighted by Gasteiger charge is -2.17. The lowest BCUT2D eigenvalue weighted by Crippen LogP contribution is -2.50. The van der Waals surface area contributed by atoms with Crippen LogP contribution in [-0.2, 0) is 14.4 Å². The number of nitrogens with two attached hydrogens (primary N) is 1. The molecule has 0 aromatic heterocycles. The second kappa shape index (κ2) is 5.84. The number of carbonyl (C=O) groups is 3. The van der Waals surface area contributed by atoms with Crippen LogP contribution in [0.15, 0.2) is 0 Å². The average Bonchev–Trinajstić information content (AvgIpc) is 2.70. The molecule has 1 rings (SSSR count). The highest BCUT2D eigenvalue weighted by molar-refractivity contribution is 5.93. The summed E-state index contributed by atoms with van der Waals surface area (Å²) in [4.78, 5) is 33.6. The molecule has 7 heteroatoms. The first-order chi connectivity index (χ1) is 8.04. The lowest BCUT2D eigenvalue weighted by molar-refractivity contribution is -0.129. The summed E-state index contributed by atoms with van der Waals surface area (Å²) in [5.41, 5.74) is 5.10. The highest BCUT2D eigenvalue weighted by Gasteiger charge is 2.29. The fraction of sp³-hybridized carbons (Fsp3) is 0.600. The Bertz CT molecular complexity index is 374. The molecule has 0 aromatic rings. The third kappa shape index (κ3) is 3.75. The molecular weight excluding hydrogens is 224 g/mol. The van der Waals surface area contributed by atoms with E-state index in [1.807, 2.05) is 6.07 Å². The van der Waals surface area contributed by atoms with E-state index >= 15 is 0 Å². The molecule has 3 amide bonds. The van der Waals surface area contributed by atoms with E-state index in [2.05, 4.69) is 10.6 Å². The van der Waals surface area contributed by atoms with Gasteiger partial charge in [0.05, 0.1) is 6.07 Å². The zero-order valence-electron chi connectivity index (χ0n) is 9.23. The van der Waals surface area contributed by atoms with Crippen LogP contribution in [0.5, 0.6) is 0 Å². The molecule has 92 valence electrons. The zero-order chi connectivity index (χ0) is 12.8. The molecule has 7 nitrogen and oxygen atoms in total. The Hall–Kier alpha value is -2.10. The van der Waals surface area contributed by atoms with E-state index in [0.717, 1.165) is 0 Å². The second-order valence-electron chi connectivity index (χ2n) is 3.82. The van der Waals surface area contributed by atoms with Crippen molar-refractivity contribution < 1.29 is 14.4 Å². The minimum absolute atomic E-state index is 0.130. The number of nitrogens with one attached hydrogen (secondary N) is 2. The van der Waals surface area contributed by atoms with Crippen LogP contribution in [0, 0.1) is 11.3 Å². The van der Waals surface area contributed by atoms with Crippen molar-refractivity contribution >= 4 is 17.7 Å². The smallest absolute Gasteiger partial charge is 0.243 e. The van der Waals surface area contributed by atoms with E-state index in [4.69, 9.17) is 11.0 Å². The average molecular weight is 238 g/mol. The predicted octanol–water partition coefficient (Wildman–Crippen LogP) is -1.46. The van der Waals surface area contributed by atoms with Crippen molar-refractivity contribution in [3.05, 3.63) is 0 Å². The Kier molecular flexibility index (Phi) is 4.46. The first-order valence-electron chi connectivity index (χ1n) is 5.30. The van der Waals surface area contributed by atoms with Crippen LogP contribution in [-0.4, -0.2) is 29.8 Å². The summed E-state index contributed by atoms with van der Waals surface area (Å²) >= 11 is 0. The molecule has 1 aliphatic heterocycles. The van der Waals surface area contributed by atoms with Gasteiger partial charge in [-0.05, 0) is 12.8 Å². The van der Waals surface area contributed by atoms with E-state index in [1.54, 1.807) is 0 Å². The van der Waals surface area contributed by atoms with Crippen molar-refractivity contribution in [1.29, 1.82) is 5.26 Å². The van der Waals surface area contributed by atoms with Gasteiger partial charge in [-0.3, -0.25) is 14.4 Å². The molecular formula is C10H14N4O3. The van der Waals surface area contributed by atoms with Crippen LogP contribution in [0.3, 0.4) is 0 Å². The number of hydrogen-bond acceptors (Lipinski definition) is 4. The number of nitriles is 1. The molecule has 0 aliphatic carbocycles. The number of hydrogen-bond donors (Lipinski definition) is 3. The van der Waals surface area contributed by atoms with Crippen molar-refractivity contribution in [3.63, 3.8) is 0 Å². The van der Waals surface area contributed by atoms with E-state index in [0.29, 0.717) is 12.8 Å². The number of rotatable bonds is 5. The van der Waals surface area contributed by atoms with Crippen LogP contribution in [0.4, 0.5) is 0 Å². The highest BCUT2D eigenvalue weighted by atomic mass is 16.2. The predicted molar refractivity (Wildman–Crippen MR) is 57.1 cm³/mol. The normalized spacial score (nSPS) is 20.2. The van der Waals surface area contributed by atoms with Crippen LogP contribution in [0.2, 0.25) is 0 Å². The summed E-state index contributed by atoms with van der Waals surface area (Å²) < 4.78 is 0. The fourth-order valence-electron chi connectivity index (χ4n) is 1.58. The molecule has 0 bridgehead atoms. The Morgan fingerprint density at radius 1 is 1.65 bits per heavy atom. The van der Waals surface area contributed by atoms with Gasteiger partial charge in [0.2, 0.25) is 17.7 Å². The first kappa shape index (κ1) is 13.0. The SMILES string of the molecule is N#CCC[C@H](NC(=O)[C@H]1CCC(=O)N1)C(N)=O. The number of carbonyl (C=O) groups excluding carboxylic acids is 3. The van der Waals surface area contributed by atoms with Gasteiger partial charge in [-0.2, -0.15) is 5.26 Å². The summed E-state index contributed by atoms with van der Waals surface area (Å²) in [6, 6.07) is 0.407. The molecule has 1 aliphatic rings. The Balaban J connectivity index is 2.49. The van der Waals surface area contributed by atoms with E-state index in [9.17, 15) is 14.4 Å². The summed E-state index contributed by atoms with van der Waals surface area (Å²) in [5.74, 6) is -1.30. The van der Waals surface area contributed by atoms with Crippen molar-refractivity contribution in [2.45, 2.75) is 37.8 Å². The largest absolute Gasteiger partial charge is 0.368 e. The van der Waals surface area contributed by atoms with Crippen molar-refractivity contribution in [3.8, 4) is 6.07 Å². The van der Waals surface area contributed by atoms with Crippen LogP contribution < -0.4 is 16.4 Å². The second-order valence-corrected chi connectivity index (χ2v) is 3.82. The summed E-state index contributed by atoms with van der Waals surface area (Å²) in [5, 5.41) is 13.3. The summed E-state index contributed by atoms with van der Waals surface area (Å²) in [7, 11) is 0. The van der Waals surface area contributed by atoms with Gasteiger partial charge >= 0.3 is 0 Å². The molecule has 0 unspecified atom stereocenters. The third-order valence-corrected chi connectivity index (χ3v) is 2.52. The first-order valence-corrected chi connectivity index (χ1v) is 5.30. The maximum absolute atomic E-state index is 11.7. The van der Waals surface area contributed by atoms with Crippen molar-refractivity contribution in [2.75, 3.05) is 0 Å². The van der Waals surface area contributed by atoms with Crippen molar-refractivity contribution in [2.24, 2.45) is 5.73 Å². The molecule has 2 atom stereocenters. The van der Waals surface area contributed by atoms with Gasteiger partial charge in [-0.1, -0.05) is 0 Å². The molecule has 4 N–H and O–H groups in total. The summed E-state index contributed by atoms with van der Waals surface area (Å²) in [6.07, 6.45) is 1.02. The Labute approximate surface area is 98.3 Å². The van der Waals surface area contributed by atoms with Crippen LogP contribution in [0.25, 0.3) is 0 Å². The molecule has 17 heavy (non-hydrogen) atoms. The standard InChI is InChI=1S/C10H14N4O3/c11-5-1-2-6(9(12)16)14-10(17)7-3-4-8(15)13-7/h6-7H,1-4H2,(H2,12,16)(H,13,15)(H,14,17)/t6-,7+/m0/s1. The number of nitrogens with zero attached hydrogens (tertiary/aromatic N) is 1. The van der Waals surface area contributed by atoms with Gasteiger partial charge in [0.25, 0.3) is 0 Å². The lowest BCUT2D eigenvalue weighted by atomic mass is 10.1. The molecule has 0 saturated carbocycles. The number of amides is 3. The molecule has 1 heterocycles. The van der Waals surface area contributed by atoms with Gasteiger partial charge in [0.1, 0.15) is 12.1 Å². The minimum Gasteiger partial charge on any atom is -0.368 e. The Morgan fingerprint density at radius 2 is 2.35 bits per heavy atom. The molecule has 1 saturated heterocycles. The van der Waals surface area contributed by atoms with Crippen molar-refractivity contribution in [1.82, 2.24) is 10.6 Å². The number of primary amides is 1. The van der Waals surface area contributed by atoms with Crippen LogP contribution >= 0.6 is 0 Å². The zero-order valence-corrected chi connectivity index (χ0v) is 9.23. The fourth-order valence-corrected chi connectivity index (χ4v) is 1.58.